The minimum absolute atomic E-state index is 0.0816. The molecule has 0 aliphatic carbocycles. The highest BCUT2D eigenvalue weighted by Crippen LogP contribution is 1.84. The fourth-order valence-electron chi connectivity index (χ4n) is 1.41. The van der Waals surface area contributed by atoms with Crippen molar-refractivity contribution in [2.24, 2.45) is 5.73 Å². The van der Waals surface area contributed by atoms with Crippen LogP contribution in [0.25, 0.3) is 0 Å². The molecule has 0 aliphatic heterocycles. The number of amides is 1. The highest BCUT2D eigenvalue weighted by atomic mass is 16.6. The van der Waals surface area contributed by atoms with Crippen molar-refractivity contribution < 1.29 is 38.0 Å². The lowest BCUT2D eigenvalue weighted by molar-refractivity contribution is -0.123. The molecule has 0 aromatic carbocycles. The third kappa shape index (κ3) is 21.2. The summed E-state index contributed by atoms with van der Waals surface area (Å²) in [7, 11) is 1.64. The second-order valence-electron chi connectivity index (χ2n) is 4.57. The summed E-state index contributed by atoms with van der Waals surface area (Å²) in [6.07, 6.45) is 0. The van der Waals surface area contributed by atoms with Crippen LogP contribution in [-0.4, -0.2) is 98.9 Å². The molecule has 2 N–H and O–H groups in total. The predicted octanol–water partition coefficient (Wildman–Crippen LogP) is -0.782. The molecule has 0 aliphatic rings. The van der Waals surface area contributed by atoms with Crippen LogP contribution in [0.5, 0.6) is 0 Å². The number of nitrogens with two attached hydrogens (primary N) is 1. The average molecular weight is 353 g/mol. The van der Waals surface area contributed by atoms with Gasteiger partial charge < -0.3 is 38.9 Å². The maximum Gasteiger partial charge on any atom is 0.243 e. The van der Waals surface area contributed by atoms with E-state index >= 15 is 0 Å². The first kappa shape index (κ1) is 23.2. The number of hydrogen-bond acceptors (Lipinski definition) is 8. The maximum absolute atomic E-state index is 10.4. The van der Waals surface area contributed by atoms with Crippen molar-refractivity contribution in [1.82, 2.24) is 0 Å². The summed E-state index contributed by atoms with van der Waals surface area (Å²) in [5, 5.41) is 0. The Balaban J connectivity index is 2.97. The van der Waals surface area contributed by atoms with E-state index in [4.69, 9.17) is 38.9 Å². The molecule has 144 valence electrons. The van der Waals surface area contributed by atoms with Gasteiger partial charge in [-0.25, -0.2) is 0 Å². The number of ether oxygens (including phenoxy) is 7. The van der Waals surface area contributed by atoms with Crippen molar-refractivity contribution in [3.8, 4) is 0 Å². The number of primary amides is 1. The van der Waals surface area contributed by atoms with E-state index in [0.29, 0.717) is 79.3 Å². The van der Waals surface area contributed by atoms with Gasteiger partial charge >= 0.3 is 0 Å². The first-order valence-corrected chi connectivity index (χ1v) is 8.01. The molecular formula is C15H31NO8. The van der Waals surface area contributed by atoms with Crippen molar-refractivity contribution in [1.29, 1.82) is 0 Å². The number of methoxy groups -OCH3 is 1. The molecule has 9 nitrogen and oxygen atoms in total. The fraction of sp³-hybridized carbons (Fsp3) is 0.933. The third-order valence-electron chi connectivity index (χ3n) is 2.54. The molecule has 0 radical (unpaired) electrons. The molecule has 0 aromatic heterocycles. The monoisotopic (exact) mass is 353 g/mol. The van der Waals surface area contributed by atoms with Gasteiger partial charge in [-0.05, 0) is 0 Å². The maximum atomic E-state index is 10.4. The van der Waals surface area contributed by atoms with Gasteiger partial charge in [0.25, 0.3) is 0 Å². The lowest BCUT2D eigenvalue weighted by atomic mass is 10.6. The van der Waals surface area contributed by atoms with Crippen LogP contribution in [-0.2, 0) is 38.0 Å². The Kier molecular flexibility index (Phi) is 19.6. The summed E-state index contributed by atoms with van der Waals surface area (Å²) in [5.41, 5.74) is 4.91. The molecule has 0 unspecified atom stereocenters. The zero-order chi connectivity index (χ0) is 17.7. The Bertz CT molecular complexity index is 268. The molecule has 0 rings (SSSR count). The Morgan fingerprint density at radius 3 is 1.17 bits per heavy atom. The zero-order valence-corrected chi connectivity index (χ0v) is 14.5. The summed E-state index contributed by atoms with van der Waals surface area (Å²) in [6, 6.07) is 0. The van der Waals surface area contributed by atoms with Gasteiger partial charge in [-0.15, -0.1) is 0 Å². The normalized spacial score (nSPS) is 11.0. The smallest absolute Gasteiger partial charge is 0.243 e. The van der Waals surface area contributed by atoms with Gasteiger partial charge in [0.2, 0.25) is 5.91 Å². The van der Waals surface area contributed by atoms with Crippen molar-refractivity contribution in [2.75, 3.05) is 93.0 Å². The molecule has 0 heterocycles. The lowest BCUT2D eigenvalue weighted by Gasteiger charge is -2.08. The topological polar surface area (TPSA) is 108 Å². The van der Waals surface area contributed by atoms with E-state index < -0.39 is 5.91 Å². The van der Waals surface area contributed by atoms with Gasteiger partial charge in [-0.3, -0.25) is 4.79 Å². The number of rotatable bonds is 20. The molecular weight excluding hydrogens is 322 g/mol. The molecule has 1 amide bonds. The summed E-state index contributed by atoms with van der Waals surface area (Å²) in [6.45, 7) is 5.94. The second-order valence-corrected chi connectivity index (χ2v) is 4.57. The lowest BCUT2D eigenvalue weighted by Crippen LogP contribution is -2.20. The van der Waals surface area contributed by atoms with Crippen LogP contribution in [0.2, 0.25) is 0 Å². The van der Waals surface area contributed by atoms with Gasteiger partial charge in [0.05, 0.1) is 79.3 Å². The van der Waals surface area contributed by atoms with Gasteiger partial charge in [-0.2, -0.15) is 0 Å². The molecule has 0 spiro atoms. The van der Waals surface area contributed by atoms with Crippen LogP contribution >= 0.6 is 0 Å². The van der Waals surface area contributed by atoms with Crippen molar-refractivity contribution >= 4 is 5.91 Å². The van der Waals surface area contributed by atoms with Crippen LogP contribution in [0, 0.1) is 0 Å². The number of carbonyl (C=O) groups is 1. The molecule has 0 aromatic rings. The van der Waals surface area contributed by atoms with E-state index in [9.17, 15) is 4.79 Å². The zero-order valence-electron chi connectivity index (χ0n) is 14.5. The van der Waals surface area contributed by atoms with Gasteiger partial charge in [0.1, 0.15) is 6.61 Å². The third-order valence-corrected chi connectivity index (χ3v) is 2.54. The Hall–Kier alpha value is -0.810. The van der Waals surface area contributed by atoms with E-state index in [2.05, 4.69) is 0 Å². The summed E-state index contributed by atoms with van der Waals surface area (Å²) >= 11 is 0. The van der Waals surface area contributed by atoms with E-state index in [1.54, 1.807) is 7.11 Å². The Labute approximate surface area is 143 Å². The molecule has 0 fully saturated rings. The Morgan fingerprint density at radius 1 is 0.583 bits per heavy atom. The minimum atomic E-state index is -0.487. The molecule has 0 saturated carbocycles. The predicted molar refractivity (Wildman–Crippen MR) is 86.0 cm³/mol. The second kappa shape index (κ2) is 20.2. The van der Waals surface area contributed by atoms with E-state index in [-0.39, 0.29) is 6.61 Å². The minimum Gasteiger partial charge on any atom is -0.382 e. The quantitative estimate of drug-likeness (QED) is 0.284. The highest BCUT2D eigenvalue weighted by Gasteiger charge is 1.95. The van der Waals surface area contributed by atoms with E-state index in [1.807, 2.05) is 0 Å². The van der Waals surface area contributed by atoms with Crippen LogP contribution < -0.4 is 5.73 Å². The summed E-state index contributed by atoms with van der Waals surface area (Å²) < 4.78 is 36.3. The van der Waals surface area contributed by atoms with Crippen LogP contribution in [0.15, 0.2) is 0 Å². The fourth-order valence-corrected chi connectivity index (χ4v) is 1.41. The van der Waals surface area contributed by atoms with Crippen molar-refractivity contribution in [3.05, 3.63) is 0 Å². The van der Waals surface area contributed by atoms with Crippen LogP contribution in [0.3, 0.4) is 0 Å². The molecule has 0 bridgehead atoms. The summed E-state index contributed by atoms with van der Waals surface area (Å²) in [4.78, 5) is 10.4. The Morgan fingerprint density at radius 2 is 0.875 bits per heavy atom. The SMILES string of the molecule is COCCOCCOCCOCCOCCOCCOCC(N)=O. The van der Waals surface area contributed by atoms with E-state index in [1.165, 1.54) is 0 Å². The summed E-state index contributed by atoms with van der Waals surface area (Å²) in [5.74, 6) is -0.487. The molecule has 9 heteroatoms. The largest absolute Gasteiger partial charge is 0.382 e. The molecule has 24 heavy (non-hydrogen) atoms. The molecule has 0 saturated heterocycles. The van der Waals surface area contributed by atoms with Gasteiger partial charge in [0, 0.05) is 7.11 Å². The average Bonchev–Trinajstić information content (AvgIpc) is 2.56. The first-order valence-electron chi connectivity index (χ1n) is 8.01. The van der Waals surface area contributed by atoms with E-state index in [0.717, 1.165) is 0 Å². The van der Waals surface area contributed by atoms with Gasteiger partial charge in [0.15, 0.2) is 0 Å². The van der Waals surface area contributed by atoms with Crippen molar-refractivity contribution in [2.45, 2.75) is 0 Å². The van der Waals surface area contributed by atoms with Crippen LogP contribution in [0.1, 0.15) is 0 Å². The standard InChI is InChI=1S/C15H31NO8/c1-18-2-3-19-4-5-20-6-7-21-8-9-22-10-11-23-12-13-24-14-15(16)17/h2-14H2,1H3,(H2,16,17). The first-order chi connectivity index (χ1) is 11.8. The van der Waals surface area contributed by atoms with Crippen molar-refractivity contribution in [3.63, 3.8) is 0 Å². The van der Waals surface area contributed by atoms with Gasteiger partial charge in [-0.1, -0.05) is 0 Å². The number of hydrogen-bond donors (Lipinski definition) is 1. The highest BCUT2D eigenvalue weighted by molar-refractivity contribution is 5.74. The molecule has 0 atom stereocenters. The van der Waals surface area contributed by atoms with Crippen LogP contribution in [0.4, 0.5) is 0 Å². The number of carbonyl (C=O) groups excluding carboxylic acids is 1.